The van der Waals surface area contributed by atoms with Gasteiger partial charge in [-0.15, -0.1) is 0 Å². The Morgan fingerprint density at radius 3 is 1.40 bits per heavy atom. The van der Waals surface area contributed by atoms with Crippen LogP contribution in [0.1, 0.15) is 0 Å². The number of rotatable bonds is 11. The molecule has 0 N–H and O–H groups in total. The first-order valence-corrected chi connectivity index (χ1v) is 7.14. The van der Waals surface area contributed by atoms with Gasteiger partial charge in [0, 0.05) is 0 Å². The van der Waals surface area contributed by atoms with Crippen molar-refractivity contribution < 1.29 is 79.7 Å². The minimum atomic E-state index is -8.38. The minimum Gasteiger partial charge on any atom is -0.372 e. The SMILES string of the molecule is FC(F)C(F)(F)C(F)(F)C(F)(F)C(F)(F)C(F)(F)C(F)(F)C(F)(F)COC[C@@H]1CO1. The van der Waals surface area contributed by atoms with Gasteiger partial charge in [0.25, 0.3) is 0 Å². The zero-order valence-electron chi connectivity index (χ0n) is 13.6. The van der Waals surface area contributed by atoms with Crippen LogP contribution in [-0.2, 0) is 9.47 Å². The van der Waals surface area contributed by atoms with E-state index in [1.54, 1.807) is 0 Å². The van der Waals surface area contributed by atoms with Gasteiger partial charge in [0.05, 0.1) is 13.2 Å². The third-order valence-electron chi connectivity index (χ3n) is 3.72. The molecule has 0 bridgehead atoms. The molecule has 0 radical (unpaired) electrons. The van der Waals surface area contributed by atoms with E-state index in [-0.39, 0.29) is 6.61 Å². The molecule has 30 heavy (non-hydrogen) atoms. The fourth-order valence-corrected chi connectivity index (χ4v) is 1.74. The summed E-state index contributed by atoms with van der Waals surface area (Å²) in [7, 11) is 0. The Morgan fingerprint density at radius 1 is 0.667 bits per heavy atom. The van der Waals surface area contributed by atoms with Crippen LogP contribution in [0.25, 0.3) is 0 Å². The molecule has 1 atom stereocenters. The predicted molar refractivity (Wildman–Crippen MR) is 61.2 cm³/mol. The third kappa shape index (κ3) is 3.77. The third-order valence-corrected chi connectivity index (χ3v) is 3.72. The van der Waals surface area contributed by atoms with Gasteiger partial charge in [0.2, 0.25) is 0 Å². The van der Waals surface area contributed by atoms with E-state index in [9.17, 15) is 70.2 Å². The summed E-state index contributed by atoms with van der Waals surface area (Å²) in [5.41, 5.74) is 0. The van der Waals surface area contributed by atoms with E-state index in [4.69, 9.17) is 0 Å². The average molecular weight is 488 g/mol. The Labute approximate surface area is 155 Å². The van der Waals surface area contributed by atoms with Crippen LogP contribution in [0.2, 0.25) is 0 Å². The van der Waals surface area contributed by atoms with Gasteiger partial charge in [-0.25, -0.2) is 8.78 Å². The molecule has 1 saturated heterocycles. The Balaban J connectivity index is 3.34. The van der Waals surface area contributed by atoms with Crippen molar-refractivity contribution in [2.75, 3.05) is 19.8 Å². The molecule has 0 saturated carbocycles. The smallest absolute Gasteiger partial charge is 0.372 e. The molecule has 0 aromatic rings. The molecule has 0 aliphatic carbocycles. The van der Waals surface area contributed by atoms with Crippen LogP contribution in [0.15, 0.2) is 0 Å². The Kier molecular flexibility index (Phi) is 6.66. The topological polar surface area (TPSA) is 21.8 Å². The van der Waals surface area contributed by atoms with Gasteiger partial charge >= 0.3 is 47.9 Å². The fourth-order valence-electron chi connectivity index (χ4n) is 1.74. The molecular formula is C12H8F16O2. The van der Waals surface area contributed by atoms with Gasteiger partial charge in [-0.1, -0.05) is 0 Å². The molecule has 0 aromatic heterocycles. The monoisotopic (exact) mass is 488 g/mol. The van der Waals surface area contributed by atoms with E-state index in [2.05, 4.69) is 9.47 Å². The van der Waals surface area contributed by atoms with Crippen molar-refractivity contribution in [1.29, 1.82) is 0 Å². The lowest BCUT2D eigenvalue weighted by atomic mass is 9.89. The highest BCUT2D eigenvalue weighted by Crippen LogP contribution is 2.62. The van der Waals surface area contributed by atoms with Crippen LogP contribution in [0, 0.1) is 0 Å². The molecule has 1 rings (SSSR count). The summed E-state index contributed by atoms with van der Waals surface area (Å²) in [6.07, 6.45) is -6.82. The lowest BCUT2D eigenvalue weighted by molar-refractivity contribution is -0.448. The highest BCUT2D eigenvalue weighted by molar-refractivity contribution is 5.14. The first kappa shape index (κ1) is 26.8. The highest BCUT2D eigenvalue weighted by atomic mass is 19.4. The standard InChI is InChI=1S/C12H8F16O2/c13-5(14)7(17,18)9(21,22)11(25,26)12(27,28)10(23,24)8(19,20)6(15,16)3-29-1-4-2-30-4/h4-5H,1-3H2/t4-/m1/s1. The number of halogens is 16. The normalized spacial score (nSPS) is 20.1. The molecule has 0 aromatic carbocycles. The van der Waals surface area contributed by atoms with Crippen molar-refractivity contribution in [1.82, 2.24) is 0 Å². The average Bonchev–Trinajstić information content (AvgIpc) is 3.37. The van der Waals surface area contributed by atoms with E-state index in [1.807, 2.05) is 0 Å². The van der Waals surface area contributed by atoms with Crippen LogP contribution in [0.5, 0.6) is 0 Å². The summed E-state index contributed by atoms with van der Waals surface area (Å²) in [4.78, 5) is 0. The van der Waals surface area contributed by atoms with E-state index < -0.39 is 67.2 Å². The molecule has 1 heterocycles. The van der Waals surface area contributed by atoms with Gasteiger partial charge < -0.3 is 9.47 Å². The summed E-state index contributed by atoms with van der Waals surface area (Å²) in [6, 6.07) is 0. The summed E-state index contributed by atoms with van der Waals surface area (Å²) >= 11 is 0. The zero-order chi connectivity index (χ0) is 24.2. The quantitative estimate of drug-likeness (QED) is 0.298. The van der Waals surface area contributed by atoms with Crippen LogP contribution < -0.4 is 0 Å². The van der Waals surface area contributed by atoms with Crippen molar-refractivity contribution >= 4 is 0 Å². The van der Waals surface area contributed by atoms with Gasteiger partial charge in [-0.2, -0.15) is 61.5 Å². The van der Waals surface area contributed by atoms with E-state index in [1.165, 1.54) is 0 Å². The second-order valence-corrected chi connectivity index (χ2v) is 5.97. The van der Waals surface area contributed by atoms with Crippen molar-refractivity contribution in [2.45, 2.75) is 54.0 Å². The fraction of sp³-hybridized carbons (Fsp3) is 1.00. The van der Waals surface area contributed by atoms with Crippen molar-refractivity contribution in [3.63, 3.8) is 0 Å². The van der Waals surface area contributed by atoms with E-state index in [0.29, 0.717) is 0 Å². The molecule has 1 fully saturated rings. The van der Waals surface area contributed by atoms with Crippen LogP contribution in [-0.4, -0.2) is 73.8 Å². The maximum Gasteiger partial charge on any atom is 0.384 e. The number of epoxide rings is 1. The summed E-state index contributed by atoms with van der Waals surface area (Å²) in [6.45, 7) is -3.96. The molecule has 1 aliphatic heterocycles. The second-order valence-electron chi connectivity index (χ2n) is 5.97. The zero-order valence-corrected chi connectivity index (χ0v) is 13.6. The Morgan fingerprint density at radius 2 is 1.03 bits per heavy atom. The Hall–Kier alpha value is -1.20. The first-order chi connectivity index (χ1) is 13.0. The van der Waals surface area contributed by atoms with Crippen LogP contribution in [0.4, 0.5) is 70.2 Å². The molecule has 0 spiro atoms. The molecule has 18 heteroatoms. The highest BCUT2D eigenvalue weighted by Gasteiger charge is 2.93. The van der Waals surface area contributed by atoms with Gasteiger partial charge in [-0.05, 0) is 0 Å². The van der Waals surface area contributed by atoms with Crippen LogP contribution in [0.3, 0.4) is 0 Å². The number of hydrogen-bond acceptors (Lipinski definition) is 2. The van der Waals surface area contributed by atoms with E-state index >= 15 is 0 Å². The maximum absolute atomic E-state index is 13.4. The lowest BCUT2D eigenvalue weighted by Crippen LogP contribution is -2.74. The second kappa shape index (κ2) is 7.44. The number of hydrogen-bond donors (Lipinski definition) is 0. The largest absolute Gasteiger partial charge is 0.384 e. The van der Waals surface area contributed by atoms with Crippen molar-refractivity contribution in [3.8, 4) is 0 Å². The summed E-state index contributed by atoms with van der Waals surface area (Å²) in [5, 5.41) is 0. The van der Waals surface area contributed by atoms with Crippen molar-refractivity contribution in [3.05, 3.63) is 0 Å². The predicted octanol–water partition coefficient (Wildman–Crippen LogP) is 5.11. The van der Waals surface area contributed by atoms with E-state index in [0.717, 1.165) is 0 Å². The van der Waals surface area contributed by atoms with Gasteiger partial charge in [-0.3, -0.25) is 0 Å². The number of ether oxygens (including phenoxy) is 2. The van der Waals surface area contributed by atoms with Gasteiger partial charge in [0.15, 0.2) is 0 Å². The maximum atomic E-state index is 13.4. The first-order valence-electron chi connectivity index (χ1n) is 7.14. The van der Waals surface area contributed by atoms with Crippen LogP contribution >= 0.6 is 0 Å². The summed E-state index contributed by atoms with van der Waals surface area (Å²) < 4.78 is 216. The summed E-state index contributed by atoms with van der Waals surface area (Å²) in [5.74, 6) is -54.5. The molecule has 0 amide bonds. The molecule has 180 valence electrons. The minimum absolute atomic E-state index is 0.157. The lowest BCUT2D eigenvalue weighted by Gasteiger charge is -2.42. The molecular weight excluding hydrogens is 480 g/mol. The molecule has 1 aliphatic rings. The van der Waals surface area contributed by atoms with Gasteiger partial charge in [0.1, 0.15) is 12.7 Å². The van der Waals surface area contributed by atoms with Crippen molar-refractivity contribution in [2.24, 2.45) is 0 Å². The number of alkyl halides is 16. The molecule has 0 unspecified atom stereocenters. The Bertz CT molecular complexity index is 611. The molecule has 2 nitrogen and oxygen atoms in total.